The van der Waals surface area contributed by atoms with Gasteiger partial charge in [-0.15, -0.1) is 0 Å². The molecule has 3 aliphatic rings. The number of aryl methyl sites for hydroxylation is 1. The van der Waals surface area contributed by atoms with Crippen molar-refractivity contribution >= 4 is 0 Å². The van der Waals surface area contributed by atoms with Crippen molar-refractivity contribution in [1.29, 1.82) is 0 Å². The van der Waals surface area contributed by atoms with Gasteiger partial charge in [0.25, 0.3) is 0 Å². The van der Waals surface area contributed by atoms with Crippen molar-refractivity contribution in [2.45, 2.75) is 94.4 Å². The summed E-state index contributed by atoms with van der Waals surface area (Å²) in [5.74, 6) is 2.10. The molecular formula is C29H38O6. The van der Waals surface area contributed by atoms with Crippen molar-refractivity contribution in [2.75, 3.05) is 13.7 Å². The van der Waals surface area contributed by atoms with Gasteiger partial charge in [0.2, 0.25) is 0 Å². The van der Waals surface area contributed by atoms with Crippen molar-refractivity contribution in [3.05, 3.63) is 59.2 Å². The van der Waals surface area contributed by atoms with Crippen LogP contribution in [-0.2, 0) is 22.3 Å². The van der Waals surface area contributed by atoms with Crippen LogP contribution in [0.3, 0.4) is 0 Å². The molecule has 1 saturated heterocycles. The molecule has 2 aromatic rings. The number of fused-ring (bicyclic) bond motifs is 1. The smallest absolute Gasteiger partial charge is 0.197 e. The Bertz CT molecular complexity index is 952. The Hall–Kier alpha value is -2.12. The zero-order valence-corrected chi connectivity index (χ0v) is 20.6. The summed E-state index contributed by atoms with van der Waals surface area (Å²) < 4.78 is 23.7. The van der Waals surface area contributed by atoms with E-state index in [1.165, 1.54) is 62.3 Å². The molecule has 1 saturated carbocycles. The van der Waals surface area contributed by atoms with Crippen LogP contribution >= 0.6 is 0 Å². The first-order valence-corrected chi connectivity index (χ1v) is 13.2. The molecule has 2 aliphatic carbocycles. The Morgan fingerprint density at radius 1 is 0.886 bits per heavy atom. The number of aliphatic hydroxyl groups excluding tert-OH is 2. The van der Waals surface area contributed by atoms with Crippen molar-refractivity contribution in [3.63, 3.8) is 0 Å². The van der Waals surface area contributed by atoms with Gasteiger partial charge in [-0.3, -0.25) is 0 Å². The molecule has 0 amide bonds. The number of aliphatic hydroxyl groups is 2. The minimum absolute atomic E-state index is 0.105. The van der Waals surface area contributed by atoms with Crippen molar-refractivity contribution in [1.82, 2.24) is 0 Å². The summed E-state index contributed by atoms with van der Waals surface area (Å²) in [7, 11) is 1.52. The molecule has 6 nitrogen and oxygen atoms in total. The molecule has 2 aromatic carbocycles. The van der Waals surface area contributed by atoms with E-state index in [4.69, 9.17) is 18.9 Å². The van der Waals surface area contributed by atoms with Gasteiger partial charge >= 0.3 is 0 Å². The quantitative estimate of drug-likeness (QED) is 0.604. The molecular weight excluding hydrogens is 444 g/mol. The highest BCUT2D eigenvalue weighted by atomic mass is 16.7. The Labute approximate surface area is 208 Å². The first-order valence-electron chi connectivity index (χ1n) is 13.2. The third-order valence-corrected chi connectivity index (χ3v) is 7.86. The molecule has 5 rings (SSSR count). The Morgan fingerprint density at radius 2 is 1.66 bits per heavy atom. The van der Waals surface area contributed by atoms with E-state index >= 15 is 0 Å². The summed E-state index contributed by atoms with van der Waals surface area (Å²) in [6.07, 6.45) is 6.02. The molecule has 0 unspecified atom stereocenters. The van der Waals surface area contributed by atoms with E-state index in [9.17, 15) is 10.2 Å². The normalized spacial score (nSPS) is 29.4. The Balaban J connectivity index is 1.21. The maximum absolute atomic E-state index is 11.0. The number of benzene rings is 2. The van der Waals surface area contributed by atoms with E-state index in [0.717, 1.165) is 30.8 Å². The summed E-state index contributed by atoms with van der Waals surface area (Å²) in [4.78, 5) is 0. The molecule has 2 N–H and O–H groups in total. The second kappa shape index (κ2) is 11.3. The lowest BCUT2D eigenvalue weighted by atomic mass is 9.84. The molecule has 2 fully saturated rings. The molecule has 1 aliphatic heterocycles. The van der Waals surface area contributed by atoms with Gasteiger partial charge in [0, 0.05) is 7.11 Å². The topological polar surface area (TPSA) is 77.4 Å². The minimum atomic E-state index is -1.17. The number of rotatable bonds is 7. The number of hydrogen-bond donors (Lipinski definition) is 2. The van der Waals surface area contributed by atoms with Crippen LogP contribution in [0.2, 0.25) is 0 Å². The van der Waals surface area contributed by atoms with Gasteiger partial charge in [0.15, 0.2) is 12.4 Å². The second-order valence-electron chi connectivity index (χ2n) is 10.2. The van der Waals surface area contributed by atoms with Gasteiger partial charge in [-0.2, -0.15) is 0 Å². The average Bonchev–Trinajstić information content (AvgIpc) is 2.92. The van der Waals surface area contributed by atoms with Crippen LogP contribution in [0.4, 0.5) is 0 Å². The van der Waals surface area contributed by atoms with Crippen molar-refractivity contribution < 1.29 is 29.2 Å². The van der Waals surface area contributed by atoms with E-state index < -0.39 is 30.7 Å². The lowest BCUT2D eigenvalue weighted by molar-refractivity contribution is -0.287. The SMILES string of the molecule is CO[C@H]1O[C@H](COc2ccc(C3CCCCC3)cc2)[C@@H](O)[C@H](O)[C@H]1Oc1cccc2c1CCCC2. The van der Waals surface area contributed by atoms with Crippen molar-refractivity contribution in [3.8, 4) is 11.5 Å². The van der Waals surface area contributed by atoms with Gasteiger partial charge < -0.3 is 29.2 Å². The molecule has 6 heteroatoms. The van der Waals surface area contributed by atoms with Crippen LogP contribution in [0, 0.1) is 0 Å². The fraction of sp³-hybridized carbons (Fsp3) is 0.586. The summed E-state index contributed by atoms with van der Waals surface area (Å²) >= 11 is 0. The van der Waals surface area contributed by atoms with Crippen LogP contribution in [-0.4, -0.2) is 54.6 Å². The minimum Gasteiger partial charge on any atom is -0.491 e. The Morgan fingerprint density at radius 3 is 2.43 bits per heavy atom. The van der Waals surface area contributed by atoms with Crippen LogP contribution in [0.5, 0.6) is 11.5 Å². The van der Waals surface area contributed by atoms with E-state index in [-0.39, 0.29) is 6.61 Å². The third kappa shape index (κ3) is 5.51. The van der Waals surface area contributed by atoms with Gasteiger partial charge in [0.05, 0.1) is 0 Å². The molecule has 190 valence electrons. The van der Waals surface area contributed by atoms with E-state index in [2.05, 4.69) is 18.2 Å². The fourth-order valence-corrected chi connectivity index (χ4v) is 5.81. The highest BCUT2D eigenvalue weighted by Crippen LogP contribution is 2.35. The predicted octanol–water partition coefficient (Wildman–Crippen LogP) is 4.53. The molecule has 5 atom stereocenters. The zero-order chi connectivity index (χ0) is 24.2. The summed E-state index contributed by atoms with van der Waals surface area (Å²) in [6.45, 7) is 0.105. The van der Waals surface area contributed by atoms with Crippen LogP contribution in [0.1, 0.15) is 67.6 Å². The van der Waals surface area contributed by atoms with Gasteiger partial charge in [-0.25, -0.2) is 0 Å². The molecule has 0 aromatic heterocycles. The molecule has 0 radical (unpaired) electrons. The van der Waals surface area contributed by atoms with E-state index in [0.29, 0.717) is 5.92 Å². The molecule has 35 heavy (non-hydrogen) atoms. The maximum Gasteiger partial charge on any atom is 0.197 e. The number of hydrogen-bond acceptors (Lipinski definition) is 6. The second-order valence-corrected chi connectivity index (χ2v) is 10.2. The molecule has 0 spiro atoms. The predicted molar refractivity (Wildman–Crippen MR) is 133 cm³/mol. The largest absolute Gasteiger partial charge is 0.491 e. The third-order valence-electron chi connectivity index (χ3n) is 7.86. The van der Waals surface area contributed by atoms with Gasteiger partial charge in [-0.1, -0.05) is 43.5 Å². The Kier molecular flexibility index (Phi) is 7.93. The fourth-order valence-electron chi connectivity index (χ4n) is 5.81. The van der Waals surface area contributed by atoms with Gasteiger partial charge in [0.1, 0.15) is 36.4 Å². The summed E-state index contributed by atoms with van der Waals surface area (Å²) in [5.41, 5.74) is 3.83. The first kappa shape index (κ1) is 24.6. The first-order chi connectivity index (χ1) is 17.1. The van der Waals surface area contributed by atoms with Crippen LogP contribution in [0.25, 0.3) is 0 Å². The summed E-state index contributed by atoms with van der Waals surface area (Å²) in [6, 6.07) is 14.3. The van der Waals surface area contributed by atoms with Gasteiger partial charge in [-0.05, 0) is 79.3 Å². The monoisotopic (exact) mass is 482 g/mol. The van der Waals surface area contributed by atoms with Crippen LogP contribution < -0.4 is 9.47 Å². The molecule has 1 heterocycles. The lowest BCUT2D eigenvalue weighted by Crippen LogP contribution is -2.61. The van der Waals surface area contributed by atoms with Crippen LogP contribution in [0.15, 0.2) is 42.5 Å². The highest BCUT2D eigenvalue weighted by molar-refractivity contribution is 5.42. The van der Waals surface area contributed by atoms with E-state index in [1.807, 2.05) is 24.3 Å². The number of ether oxygens (including phenoxy) is 4. The van der Waals surface area contributed by atoms with E-state index in [1.54, 1.807) is 0 Å². The standard InChI is InChI=1S/C29H38O6/c1-32-29-28(34-24-13-7-11-21-10-5-6-12-23(21)24)27(31)26(30)25(35-29)18-33-22-16-14-20(15-17-22)19-8-3-2-4-9-19/h7,11,13-17,19,25-31H,2-6,8-10,12,18H2,1H3/t25-,26-,27+,28-,29+/m1/s1. The van der Waals surface area contributed by atoms with Crippen molar-refractivity contribution in [2.24, 2.45) is 0 Å². The summed E-state index contributed by atoms with van der Waals surface area (Å²) in [5, 5.41) is 21.8. The lowest BCUT2D eigenvalue weighted by Gasteiger charge is -2.42. The average molecular weight is 483 g/mol. The zero-order valence-electron chi connectivity index (χ0n) is 20.6. The number of methoxy groups -OCH3 is 1. The maximum atomic E-state index is 11.0. The molecule has 0 bridgehead atoms. The highest BCUT2D eigenvalue weighted by Gasteiger charge is 2.47.